The molecule has 1 aliphatic rings. The summed E-state index contributed by atoms with van der Waals surface area (Å²) in [6.45, 7) is 2.71. The average Bonchev–Trinajstić information content (AvgIpc) is 2.62. The van der Waals surface area contributed by atoms with Crippen LogP contribution in [0.2, 0.25) is 0 Å². The number of Topliss-reactive ketones (excluding diaryl/α,β-unsaturated/α-hetero) is 1. The molecule has 1 saturated carbocycles. The predicted octanol–water partition coefficient (Wildman–Crippen LogP) is 1.36. The van der Waals surface area contributed by atoms with Crippen LogP contribution in [0.4, 0.5) is 0 Å². The van der Waals surface area contributed by atoms with Gasteiger partial charge >= 0.3 is 0 Å². The Labute approximate surface area is 89.5 Å². The summed E-state index contributed by atoms with van der Waals surface area (Å²) in [7, 11) is 0. The van der Waals surface area contributed by atoms with Crippen molar-refractivity contribution in [1.82, 2.24) is 9.78 Å². The van der Waals surface area contributed by atoms with Crippen LogP contribution in [0.1, 0.15) is 43.1 Å². The minimum absolute atomic E-state index is 0.122. The molecule has 2 N–H and O–H groups in total. The van der Waals surface area contributed by atoms with Crippen molar-refractivity contribution < 1.29 is 4.79 Å². The van der Waals surface area contributed by atoms with Gasteiger partial charge in [0.25, 0.3) is 0 Å². The number of carbonyl (C=O) groups excluding carboxylic acids is 1. The Morgan fingerprint density at radius 1 is 1.67 bits per heavy atom. The fraction of sp³-hybridized carbons (Fsp3) is 0.636. The highest BCUT2D eigenvalue weighted by atomic mass is 16.1. The molecule has 0 unspecified atom stereocenters. The van der Waals surface area contributed by atoms with E-state index in [0.29, 0.717) is 12.1 Å². The van der Waals surface area contributed by atoms with Crippen LogP contribution < -0.4 is 5.73 Å². The van der Waals surface area contributed by atoms with Crippen molar-refractivity contribution in [2.75, 3.05) is 0 Å². The Morgan fingerprint density at radius 2 is 2.40 bits per heavy atom. The molecule has 1 aliphatic carbocycles. The molecule has 1 aromatic heterocycles. The second-order valence-corrected chi connectivity index (χ2v) is 4.35. The summed E-state index contributed by atoms with van der Waals surface area (Å²) in [5.74, 6) is 0.122. The van der Waals surface area contributed by atoms with Crippen molar-refractivity contribution in [3.63, 3.8) is 0 Å². The third-order valence-electron chi connectivity index (χ3n) is 3.16. The molecule has 4 nitrogen and oxygen atoms in total. The summed E-state index contributed by atoms with van der Waals surface area (Å²) in [6.07, 6.45) is 5.22. The van der Waals surface area contributed by atoms with Crippen LogP contribution in [0.3, 0.4) is 0 Å². The van der Waals surface area contributed by atoms with E-state index in [1.165, 1.54) is 0 Å². The van der Waals surface area contributed by atoms with Crippen LogP contribution in [0.15, 0.2) is 12.3 Å². The minimum Gasteiger partial charge on any atom is -0.325 e. The van der Waals surface area contributed by atoms with Gasteiger partial charge in [-0.15, -0.1) is 0 Å². The molecular weight excluding hydrogens is 190 g/mol. The molecule has 0 radical (unpaired) electrons. The van der Waals surface area contributed by atoms with Gasteiger partial charge in [-0.1, -0.05) is 0 Å². The molecule has 0 atom stereocenters. The van der Waals surface area contributed by atoms with Gasteiger partial charge in [0.1, 0.15) is 5.69 Å². The highest BCUT2D eigenvalue weighted by Crippen LogP contribution is 2.33. The summed E-state index contributed by atoms with van der Waals surface area (Å²) >= 11 is 0. The van der Waals surface area contributed by atoms with E-state index in [4.69, 9.17) is 5.73 Å². The van der Waals surface area contributed by atoms with E-state index < -0.39 is 0 Å². The maximum absolute atomic E-state index is 12.0. The van der Waals surface area contributed by atoms with E-state index in [9.17, 15) is 4.79 Å². The Morgan fingerprint density at radius 3 is 2.93 bits per heavy atom. The number of ketones is 1. The molecule has 1 heterocycles. The molecule has 0 aromatic carbocycles. The SMILES string of the molecule is CCn1nccc1C(=O)CC1(N)CCC1. The van der Waals surface area contributed by atoms with Gasteiger partial charge in [-0.2, -0.15) is 5.10 Å². The van der Waals surface area contributed by atoms with Crippen LogP contribution in [-0.2, 0) is 6.54 Å². The van der Waals surface area contributed by atoms with E-state index >= 15 is 0 Å². The van der Waals surface area contributed by atoms with Gasteiger partial charge < -0.3 is 5.73 Å². The first-order valence-electron chi connectivity index (χ1n) is 5.48. The third-order valence-corrected chi connectivity index (χ3v) is 3.16. The maximum atomic E-state index is 12.0. The zero-order valence-electron chi connectivity index (χ0n) is 9.07. The fourth-order valence-electron chi connectivity index (χ4n) is 2.04. The third kappa shape index (κ3) is 1.95. The Bertz CT molecular complexity index is 366. The number of hydrogen-bond acceptors (Lipinski definition) is 3. The van der Waals surface area contributed by atoms with E-state index in [2.05, 4.69) is 5.10 Å². The predicted molar refractivity (Wildman–Crippen MR) is 57.6 cm³/mol. The van der Waals surface area contributed by atoms with Crippen molar-refractivity contribution in [3.05, 3.63) is 18.0 Å². The van der Waals surface area contributed by atoms with E-state index in [1.807, 2.05) is 6.92 Å². The number of aryl methyl sites for hydroxylation is 1. The second-order valence-electron chi connectivity index (χ2n) is 4.35. The molecule has 0 amide bonds. The normalized spacial score (nSPS) is 18.5. The lowest BCUT2D eigenvalue weighted by atomic mass is 9.74. The summed E-state index contributed by atoms with van der Waals surface area (Å²) in [6, 6.07) is 1.77. The van der Waals surface area contributed by atoms with Crippen molar-refractivity contribution in [3.8, 4) is 0 Å². The first-order chi connectivity index (χ1) is 7.14. The molecule has 2 rings (SSSR count). The average molecular weight is 207 g/mol. The van der Waals surface area contributed by atoms with E-state index in [0.717, 1.165) is 25.8 Å². The number of rotatable bonds is 4. The Balaban J connectivity index is 2.07. The lowest BCUT2D eigenvalue weighted by Gasteiger charge is -2.37. The van der Waals surface area contributed by atoms with Crippen molar-refractivity contribution in [2.24, 2.45) is 5.73 Å². The molecular formula is C11H17N3O. The van der Waals surface area contributed by atoms with Gasteiger partial charge in [0.15, 0.2) is 5.78 Å². The van der Waals surface area contributed by atoms with E-state index in [1.54, 1.807) is 16.9 Å². The lowest BCUT2D eigenvalue weighted by Crippen LogP contribution is -2.48. The summed E-state index contributed by atoms with van der Waals surface area (Å²) in [4.78, 5) is 12.0. The molecule has 4 heteroatoms. The highest BCUT2D eigenvalue weighted by Gasteiger charge is 2.35. The lowest BCUT2D eigenvalue weighted by molar-refractivity contribution is 0.0901. The molecule has 1 fully saturated rings. The molecule has 0 saturated heterocycles. The molecule has 0 spiro atoms. The largest absolute Gasteiger partial charge is 0.325 e. The van der Waals surface area contributed by atoms with Crippen LogP contribution >= 0.6 is 0 Å². The van der Waals surface area contributed by atoms with Gasteiger partial charge in [0.05, 0.1) is 0 Å². The molecule has 0 aliphatic heterocycles. The summed E-state index contributed by atoms with van der Waals surface area (Å²) in [5.41, 5.74) is 6.50. The Kier molecular flexibility index (Phi) is 2.61. The zero-order chi connectivity index (χ0) is 10.9. The number of carbonyl (C=O) groups is 1. The van der Waals surface area contributed by atoms with Crippen molar-refractivity contribution >= 4 is 5.78 Å². The maximum Gasteiger partial charge on any atom is 0.182 e. The standard InChI is InChI=1S/C11H17N3O/c1-2-14-9(4-7-13-14)10(15)8-11(12)5-3-6-11/h4,7H,2-3,5-6,8,12H2,1H3. The van der Waals surface area contributed by atoms with Gasteiger partial charge in [-0.25, -0.2) is 0 Å². The quantitative estimate of drug-likeness (QED) is 0.758. The number of nitrogens with two attached hydrogens (primary N) is 1. The van der Waals surface area contributed by atoms with E-state index in [-0.39, 0.29) is 11.3 Å². The Hall–Kier alpha value is -1.16. The number of nitrogens with zero attached hydrogens (tertiary/aromatic N) is 2. The van der Waals surface area contributed by atoms with Gasteiger partial charge in [0.2, 0.25) is 0 Å². The van der Waals surface area contributed by atoms with Crippen LogP contribution in [0.25, 0.3) is 0 Å². The molecule has 82 valence electrons. The summed E-state index contributed by atoms with van der Waals surface area (Å²) in [5, 5.41) is 4.08. The first kappa shape index (κ1) is 10.4. The fourth-order valence-corrected chi connectivity index (χ4v) is 2.04. The minimum atomic E-state index is -0.236. The van der Waals surface area contributed by atoms with Gasteiger partial charge in [-0.05, 0) is 32.3 Å². The number of hydrogen-bond donors (Lipinski definition) is 1. The second kappa shape index (κ2) is 3.77. The smallest absolute Gasteiger partial charge is 0.182 e. The molecule has 15 heavy (non-hydrogen) atoms. The van der Waals surface area contributed by atoms with Crippen LogP contribution in [-0.4, -0.2) is 21.1 Å². The topological polar surface area (TPSA) is 60.9 Å². The van der Waals surface area contributed by atoms with Crippen molar-refractivity contribution in [2.45, 2.75) is 44.7 Å². The number of aromatic nitrogens is 2. The molecule has 0 bridgehead atoms. The van der Waals surface area contributed by atoms with Crippen molar-refractivity contribution in [1.29, 1.82) is 0 Å². The first-order valence-corrected chi connectivity index (χ1v) is 5.48. The summed E-state index contributed by atoms with van der Waals surface area (Å²) < 4.78 is 1.73. The monoisotopic (exact) mass is 207 g/mol. The van der Waals surface area contributed by atoms with Gasteiger partial charge in [-0.3, -0.25) is 9.48 Å². The zero-order valence-corrected chi connectivity index (χ0v) is 9.07. The van der Waals surface area contributed by atoms with Crippen LogP contribution in [0, 0.1) is 0 Å². The highest BCUT2D eigenvalue weighted by molar-refractivity contribution is 5.95. The molecule has 1 aromatic rings. The van der Waals surface area contributed by atoms with Crippen LogP contribution in [0.5, 0.6) is 0 Å². The van der Waals surface area contributed by atoms with Gasteiger partial charge in [0, 0.05) is 24.7 Å².